The molecule has 1 aliphatic heterocycles. The zero-order valence-corrected chi connectivity index (χ0v) is 19.1. The largest absolute Gasteiger partial charge is 0.465 e. The van der Waals surface area contributed by atoms with E-state index in [1.807, 2.05) is 4.90 Å². The predicted molar refractivity (Wildman–Crippen MR) is 115 cm³/mol. The molecule has 1 aliphatic rings. The first-order valence-corrected chi connectivity index (χ1v) is 11.3. The molecule has 1 saturated heterocycles. The van der Waals surface area contributed by atoms with Gasteiger partial charge in [0.15, 0.2) is 11.7 Å². The van der Waals surface area contributed by atoms with Crippen LogP contribution in [-0.4, -0.2) is 74.8 Å². The fraction of sp³-hybridized carbons (Fsp3) is 0.400. The second kappa shape index (κ2) is 9.93. The van der Waals surface area contributed by atoms with Crippen molar-refractivity contribution < 1.29 is 31.9 Å². The van der Waals surface area contributed by atoms with Crippen LogP contribution in [0.15, 0.2) is 24.4 Å². The maximum atomic E-state index is 13.9. The number of carbonyl (C=O) groups is 2. The van der Waals surface area contributed by atoms with E-state index in [-0.39, 0.29) is 32.1 Å². The fourth-order valence-corrected chi connectivity index (χ4v) is 4.40. The Morgan fingerprint density at radius 3 is 2.60 bits per heavy atom. The Morgan fingerprint density at radius 2 is 1.91 bits per heavy atom. The number of halogens is 4. The van der Waals surface area contributed by atoms with Crippen LogP contribution < -0.4 is 4.90 Å². The van der Waals surface area contributed by atoms with Gasteiger partial charge in [0.05, 0.1) is 23.2 Å². The number of hydrogen-bond acceptors (Lipinski definition) is 9. The van der Waals surface area contributed by atoms with E-state index in [4.69, 9.17) is 4.74 Å². The smallest absolute Gasteiger partial charge is 0.420 e. The van der Waals surface area contributed by atoms with E-state index in [0.717, 1.165) is 16.9 Å². The molecule has 0 unspecified atom stereocenters. The molecule has 4 rings (SSSR count). The standard InChI is InChI=1S/C20H19F4N7O3S/c1-2-34-15(32)11-31-27-17(26-28-31)14-10-25-19(35-14)30-8-6-29(7-9-30)18(33)12-4-3-5-13(21)16(12)20(22,23)24/h3-5,10H,2,6-9,11H2,1H3. The van der Waals surface area contributed by atoms with E-state index < -0.39 is 35.0 Å². The average molecular weight is 513 g/mol. The van der Waals surface area contributed by atoms with Gasteiger partial charge in [-0.25, -0.2) is 14.2 Å². The van der Waals surface area contributed by atoms with Crippen molar-refractivity contribution in [2.24, 2.45) is 0 Å². The number of esters is 1. The van der Waals surface area contributed by atoms with Gasteiger partial charge >= 0.3 is 12.1 Å². The molecule has 1 amide bonds. The van der Waals surface area contributed by atoms with Gasteiger partial charge in [-0.15, -0.1) is 10.2 Å². The van der Waals surface area contributed by atoms with Crippen molar-refractivity contribution in [3.05, 3.63) is 41.3 Å². The molecular weight excluding hydrogens is 494 g/mol. The third-order valence-electron chi connectivity index (χ3n) is 5.11. The van der Waals surface area contributed by atoms with Crippen molar-refractivity contribution in [1.82, 2.24) is 30.1 Å². The topological polar surface area (TPSA) is 106 Å². The number of thiazole rings is 1. The molecule has 0 N–H and O–H groups in total. The van der Waals surface area contributed by atoms with Crippen LogP contribution in [0, 0.1) is 5.82 Å². The lowest BCUT2D eigenvalue weighted by Crippen LogP contribution is -2.49. The fourth-order valence-electron chi connectivity index (χ4n) is 3.51. The molecule has 1 aromatic carbocycles. The molecule has 3 heterocycles. The number of carbonyl (C=O) groups excluding carboxylic acids is 2. The first-order valence-electron chi connectivity index (χ1n) is 10.5. The summed E-state index contributed by atoms with van der Waals surface area (Å²) in [6, 6.07) is 2.75. The van der Waals surface area contributed by atoms with Crippen LogP contribution in [-0.2, 0) is 22.3 Å². The van der Waals surface area contributed by atoms with E-state index in [1.165, 1.54) is 16.2 Å². The molecule has 35 heavy (non-hydrogen) atoms. The van der Waals surface area contributed by atoms with Crippen LogP contribution in [0.3, 0.4) is 0 Å². The number of aromatic nitrogens is 5. The van der Waals surface area contributed by atoms with Crippen LogP contribution in [0.2, 0.25) is 0 Å². The molecule has 0 atom stereocenters. The molecule has 15 heteroatoms. The number of tetrazole rings is 1. The summed E-state index contributed by atoms with van der Waals surface area (Å²) in [6.07, 6.45) is -3.44. The molecule has 0 radical (unpaired) electrons. The number of anilines is 1. The normalized spacial score (nSPS) is 14.3. The SMILES string of the molecule is CCOC(=O)Cn1nnc(-c2cnc(N3CCN(C(=O)c4cccc(F)c4C(F)(F)F)CC3)s2)n1. The summed E-state index contributed by atoms with van der Waals surface area (Å²) in [4.78, 5) is 33.5. The van der Waals surface area contributed by atoms with Crippen molar-refractivity contribution in [1.29, 1.82) is 0 Å². The van der Waals surface area contributed by atoms with Gasteiger partial charge in [-0.1, -0.05) is 17.4 Å². The van der Waals surface area contributed by atoms with Gasteiger partial charge in [-0.2, -0.15) is 18.0 Å². The van der Waals surface area contributed by atoms with Gasteiger partial charge in [-0.3, -0.25) is 4.79 Å². The molecule has 10 nitrogen and oxygen atoms in total. The summed E-state index contributed by atoms with van der Waals surface area (Å²) >= 11 is 1.27. The summed E-state index contributed by atoms with van der Waals surface area (Å²) in [5.74, 6) is -2.57. The highest BCUT2D eigenvalue weighted by atomic mass is 32.1. The molecule has 2 aromatic heterocycles. The lowest BCUT2D eigenvalue weighted by molar-refractivity contribution is -0.144. The van der Waals surface area contributed by atoms with Gasteiger partial charge in [0, 0.05) is 26.2 Å². The second-order valence-electron chi connectivity index (χ2n) is 7.39. The molecule has 0 bridgehead atoms. The van der Waals surface area contributed by atoms with Crippen LogP contribution in [0.1, 0.15) is 22.8 Å². The lowest BCUT2D eigenvalue weighted by atomic mass is 10.0. The minimum atomic E-state index is -4.98. The molecule has 186 valence electrons. The van der Waals surface area contributed by atoms with Crippen molar-refractivity contribution in [2.75, 3.05) is 37.7 Å². The highest BCUT2D eigenvalue weighted by Crippen LogP contribution is 2.35. The van der Waals surface area contributed by atoms with E-state index in [2.05, 4.69) is 20.4 Å². The Balaban J connectivity index is 1.40. The second-order valence-corrected chi connectivity index (χ2v) is 8.40. The minimum absolute atomic E-state index is 0.134. The van der Waals surface area contributed by atoms with Crippen LogP contribution in [0.5, 0.6) is 0 Å². The van der Waals surface area contributed by atoms with E-state index in [9.17, 15) is 27.2 Å². The van der Waals surface area contributed by atoms with Crippen LogP contribution in [0.25, 0.3) is 10.7 Å². The molecule has 0 spiro atoms. The summed E-state index contributed by atoms with van der Waals surface area (Å²) < 4.78 is 58.6. The quantitative estimate of drug-likeness (QED) is 0.366. The summed E-state index contributed by atoms with van der Waals surface area (Å²) in [5.41, 5.74) is -2.26. The van der Waals surface area contributed by atoms with Crippen molar-refractivity contribution in [3.63, 3.8) is 0 Å². The number of rotatable bonds is 6. The van der Waals surface area contributed by atoms with E-state index >= 15 is 0 Å². The number of benzene rings is 1. The summed E-state index contributed by atoms with van der Waals surface area (Å²) in [7, 11) is 0. The van der Waals surface area contributed by atoms with Crippen molar-refractivity contribution >= 4 is 28.3 Å². The van der Waals surface area contributed by atoms with Crippen molar-refractivity contribution in [2.45, 2.75) is 19.6 Å². The van der Waals surface area contributed by atoms with Crippen LogP contribution >= 0.6 is 11.3 Å². The first-order chi connectivity index (χ1) is 16.7. The first kappa shape index (κ1) is 24.5. The molecule has 0 aliphatic carbocycles. The van der Waals surface area contributed by atoms with Crippen molar-refractivity contribution in [3.8, 4) is 10.7 Å². The van der Waals surface area contributed by atoms with Gasteiger partial charge in [0.1, 0.15) is 11.4 Å². The zero-order valence-electron chi connectivity index (χ0n) is 18.3. The highest BCUT2D eigenvalue weighted by molar-refractivity contribution is 7.18. The third kappa shape index (κ3) is 5.39. The summed E-state index contributed by atoms with van der Waals surface area (Å²) in [5, 5.41) is 12.5. The third-order valence-corrected chi connectivity index (χ3v) is 6.16. The highest BCUT2D eigenvalue weighted by Gasteiger charge is 2.39. The Bertz CT molecular complexity index is 1220. The van der Waals surface area contributed by atoms with Gasteiger partial charge in [0.2, 0.25) is 5.82 Å². The van der Waals surface area contributed by atoms with E-state index in [0.29, 0.717) is 29.2 Å². The maximum absolute atomic E-state index is 13.9. The van der Waals surface area contributed by atoms with Gasteiger partial charge in [0.25, 0.3) is 5.91 Å². The number of piperazine rings is 1. The lowest BCUT2D eigenvalue weighted by Gasteiger charge is -2.35. The average Bonchev–Trinajstić information content (AvgIpc) is 3.48. The minimum Gasteiger partial charge on any atom is -0.465 e. The maximum Gasteiger partial charge on any atom is 0.420 e. The number of ether oxygens (including phenoxy) is 1. The van der Waals surface area contributed by atoms with Gasteiger partial charge in [-0.05, 0) is 24.3 Å². The molecule has 1 fully saturated rings. The number of alkyl halides is 3. The molecule has 0 saturated carbocycles. The number of amides is 1. The number of hydrogen-bond donors (Lipinski definition) is 0. The predicted octanol–water partition coefficient (Wildman–Crippen LogP) is 2.48. The summed E-state index contributed by atoms with van der Waals surface area (Å²) in [6.45, 7) is 2.66. The number of nitrogens with zero attached hydrogens (tertiary/aromatic N) is 7. The Hall–Kier alpha value is -3.62. The zero-order chi connectivity index (χ0) is 25.2. The van der Waals surface area contributed by atoms with E-state index in [1.54, 1.807) is 13.1 Å². The monoisotopic (exact) mass is 513 g/mol. The Morgan fingerprint density at radius 1 is 1.17 bits per heavy atom. The van der Waals surface area contributed by atoms with Crippen LogP contribution in [0.4, 0.5) is 22.7 Å². The van der Waals surface area contributed by atoms with Gasteiger partial charge < -0.3 is 14.5 Å². The Labute approximate surface area is 200 Å². The Kier molecular flexibility index (Phi) is 6.95. The molecular formula is C20H19F4N7O3S. The molecule has 3 aromatic rings.